The molecule has 1 fully saturated rings. The van der Waals surface area contributed by atoms with Crippen LogP contribution < -0.4 is 4.74 Å². The van der Waals surface area contributed by atoms with E-state index in [0.717, 1.165) is 0 Å². The number of aryl methyl sites for hydroxylation is 1. The topological polar surface area (TPSA) is 114 Å². The first-order valence-corrected chi connectivity index (χ1v) is 17.0. The summed E-state index contributed by atoms with van der Waals surface area (Å²) >= 11 is 6.31. The van der Waals surface area contributed by atoms with Crippen molar-refractivity contribution in [2.75, 3.05) is 0 Å². The van der Waals surface area contributed by atoms with Crippen molar-refractivity contribution in [2.24, 2.45) is 16.8 Å². The third-order valence-electron chi connectivity index (χ3n) is 9.04. The standard InChI is InChI=1S/C35H39ClF4N4O6/c1-5-20-14-21(15-25(20)37)33(49-34(46)47-22(6-2)7-3)48-30(45)12-11-27-32-42-18-19(4)44(32)28-17-29(50-35(38,39)40)24(36)16-23(28)31(43-27)26-10-8-9-13-41-26/h8-10,13,16-18,20-22,25,27,33H,5-7,11-12,14-15H2,1-4H3/t20?,21?,25?,27-,33?/m0/s1. The largest absolute Gasteiger partial charge is 0.573 e. The lowest BCUT2D eigenvalue weighted by Gasteiger charge is -2.24. The predicted octanol–water partition coefficient (Wildman–Crippen LogP) is 8.79. The molecule has 15 heteroatoms. The van der Waals surface area contributed by atoms with Gasteiger partial charge in [-0.2, -0.15) is 0 Å². The smallest absolute Gasteiger partial charge is 0.431 e. The van der Waals surface area contributed by atoms with Gasteiger partial charge in [0.1, 0.15) is 29.9 Å². The predicted molar refractivity (Wildman–Crippen MR) is 175 cm³/mol. The van der Waals surface area contributed by atoms with E-state index >= 15 is 0 Å². The minimum absolute atomic E-state index is 0.0398. The number of hydrogen-bond donors (Lipinski definition) is 0. The number of rotatable bonds is 12. The number of esters is 1. The van der Waals surface area contributed by atoms with Gasteiger partial charge in [0.05, 0.1) is 22.1 Å². The Morgan fingerprint density at radius 1 is 1.06 bits per heavy atom. The number of aliphatic imine (C=N–C) groups is 1. The summed E-state index contributed by atoms with van der Waals surface area (Å²) in [5.74, 6) is -1.82. The Morgan fingerprint density at radius 3 is 2.46 bits per heavy atom. The van der Waals surface area contributed by atoms with E-state index in [-0.39, 0.29) is 42.0 Å². The summed E-state index contributed by atoms with van der Waals surface area (Å²) in [5, 5.41) is -0.299. The lowest BCUT2D eigenvalue weighted by Crippen LogP contribution is -2.32. The van der Waals surface area contributed by atoms with Crippen LogP contribution in [0.15, 0.2) is 47.7 Å². The quantitative estimate of drug-likeness (QED) is 0.104. The second-order valence-corrected chi connectivity index (χ2v) is 12.8. The van der Waals surface area contributed by atoms with Crippen molar-refractivity contribution < 1.29 is 46.1 Å². The molecule has 0 spiro atoms. The number of ether oxygens (including phenoxy) is 4. The summed E-state index contributed by atoms with van der Waals surface area (Å²) < 4.78 is 77.1. The molecule has 0 saturated heterocycles. The Balaban J connectivity index is 1.44. The van der Waals surface area contributed by atoms with Crippen molar-refractivity contribution in [2.45, 2.75) is 104 Å². The summed E-state index contributed by atoms with van der Waals surface area (Å²) in [6.07, 6.45) is -3.83. The monoisotopic (exact) mass is 722 g/mol. The zero-order valence-corrected chi connectivity index (χ0v) is 28.8. The summed E-state index contributed by atoms with van der Waals surface area (Å²) in [4.78, 5) is 40.0. The Bertz CT molecular complexity index is 1700. The molecule has 4 unspecified atom stereocenters. The second-order valence-electron chi connectivity index (χ2n) is 12.4. The molecular weight excluding hydrogens is 684 g/mol. The molecule has 0 bridgehead atoms. The van der Waals surface area contributed by atoms with E-state index in [2.05, 4.69) is 14.7 Å². The van der Waals surface area contributed by atoms with E-state index < -0.39 is 48.7 Å². The highest BCUT2D eigenvalue weighted by molar-refractivity contribution is 6.33. The molecule has 1 saturated carbocycles. The Hall–Kier alpha value is -4.20. The van der Waals surface area contributed by atoms with Crippen molar-refractivity contribution in [1.82, 2.24) is 14.5 Å². The fourth-order valence-electron chi connectivity index (χ4n) is 6.44. The van der Waals surface area contributed by atoms with Crippen LogP contribution in [0.4, 0.5) is 22.4 Å². The van der Waals surface area contributed by atoms with Crippen molar-refractivity contribution in [1.29, 1.82) is 0 Å². The first kappa shape index (κ1) is 37.1. The summed E-state index contributed by atoms with van der Waals surface area (Å²) in [6.45, 7) is 7.32. The first-order valence-electron chi connectivity index (χ1n) is 16.7. The lowest BCUT2D eigenvalue weighted by molar-refractivity contribution is -0.274. The molecule has 50 heavy (non-hydrogen) atoms. The first-order chi connectivity index (χ1) is 23.8. The number of fused-ring (bicyclic) bond motifs is 3. The van der Waals surface area contributed by atoms with Crippen LogP contribution in [0.3, 0.4) is 0 Å². The zero-order chi connectivity index (χ0) is 36.2. The van der Waals surface area contributed by atoms with E-state index in [4.69, 9.17) is 30.8 Å². The van der Waals surface area contributed by atoms with Crippen LogP contribution >= 0.6 is 11.6 Å². The normalized spacial score (nSPS) is 20.7. The molecule has 270 valence electrons. The maximum atomic E-state index is 14.8. The fraction of sp³-hybridized carbons (Fsp3) is 0.514. The minimum atomic E-state index is -5.00. The zero-order valence-electron chi connectivity index (χ0n) is 28.1. The third kappa shape index (κ3) is 8.56. The number of benzene rings is 1. The lowest BCUT2D eigenvalue weighted by atomic mass is 10.0. The molecular formula is C35H39ClF4N4O6. The molecule has 2 aromatic heterocycles. The van der Waals surface area contributed by atoms with Crippen LogP contribution in [0.25, 0.3) is 5.69 Å². The highest BCUT2D eigenvalue weighted by atomic mass is 35.5. The maximum absolute atomic E-state index is 14.8. The van der Waals surface area contributed by atoms with Gasteiger partial charge in [0.25, 0.3) is 6.29 Å². The molecule has 3 aromatic rings. The Labute approximate surface area is 292 Å². The minimum Gasteiger partial charge on any atom is -0.431 e. The highest BCUT2D eigenvalue weighted by Crippen LogP contribution is 2.41. The number of carbonyl (C=O) groups is 2. The number of nitrogens with zero attached hydrogens (tertiary/aromatic N) is 4. The number of halogens is 5. The highest BCUT2D eigenvalue weighted by Gasteiger charge is 2.42. The van der Waals surface area contributed by atoms with Gasteiger partial charge in [-0.1, -0.05) is 44.9 Å². The van der Waals surface area contributed by atoms with Crippen LogP contribution in [0.2, 0.25) is 5.02 Å². The molecule has 0 N–H and O–H groups in total. The van der Waals surface area contributed by atoms with E-state index in [1.165, 1.54) is 18.3 Å². The third-order valence-corrected chi connectivity index (χ3v) is 9.33. The van der Waals surface area contributed by atoms with Crippen molar-refractivity contribution in [3.8, 4) is 11.4 Å². The Morgan fingerprint density at radius 2 is 1.82 bits per heavy atom. The van der Waals surface area contributed by atoms with Gasteiger partial charge in [-0.3, -0.25) is 19.3 Å². The van der Waals surface area contributed by atoms with Gasteiger partial charge in [0, 0.05) is 42.1 Å². The summed E-state index contributed by atoms with van der Waals surface area (Å²) in [6, 6.07) is 6.82. The molecule has 1 aliphatic heterocycles. The van der Waals surface area contributed by atoms with Crippen LogP contribution in [-0.4, -0.2) is 57.3 Å². The second kappa shape index (κ2) is 15.8. The van der Waals surface area contributed by atoms with Gasteiger partial charge in [0.2, 0.25) is 0 Å². The van der Waals surface area contributed by atoms with Gasteiger partial charge < -0.3 is 18.9 Å². The molecule has 2 aliphatic rings. The molecule has 5 rings (SSSR count). The number of aromatic nitrogens is 3. The van der Waals surface area contributed by atoms with Crippen molar-refractivity contribution in [3.05, 3.63) is 70.5 Å². The Kier molecular flexibility index (Phi) is 11.7. The molecule has 5 atom stereocenters. The number of hydrogen-bond acceptors (Lipinski definition) is 9. The molecule has 1 aliphatic carbocycles. The maximum Gasteiger partial charge on any atom is 0.573 e. The van der Waals surface area contributed by atoms with Gasteiger partial charge in [0.15, 0.2) is 0 Å². The summed E-state index contributed by atoms with van der Waals surface area (Å²) in [7, 11) is 0. The van der Waals surface area contributed by atoms with E-state index in [0.29, 0.717) is 54.2 Å². The van der Waals surface area contributed by atoms with E-state index in [9.17, 15) is 27.2 Å². The van der Waals surface area contributed by atoms with Gasteiger partial charge in [-0.05, 0) is 63.1 Å². The van der Waals surface area contributed by atoms with Gasteiger partial charge in [-0.15, -0.1) is 13.2 Å². The molecule has 0 radical (unpaired) electrons. The van der Waals surface area contributed by atoms with Crippen LogP contribution in [0.1, 0.15) is 94.5 Å². The van der Waals surface area contributed by atoms with Crippen LogP contribution in [-0.2, 0) is 19.0 Å². The fourth-order valence-corrected chi connectivity index (χ4v) is 6.64. The number of carbonyl (C=O) groups excluding carboxylic acids is 2. The van der Waals surface area contributed by atoms with Gasteiger partial charge in [-0.25, -0.2) is 14.2 Å². The van der Waals surface area contributed by atoms with E-state index in [1.807, 2.05) is 20.8 Å². The molecule has 3 heterocycles. The molecule has 0 amide bonds. The number of imidazole rings is 1. The SMILES string of the molecule is CCC(CC)OC(=O)OC(OC(=O)CC[C@@H]1N=C(c2ccccn2)c2cc(Cl)c(OC(F)(F)F)cc2-n2c(C)cnc21)C1CC(F)C(CC)C1. The van der Waals surface area contributed by atoms with E-state index in [1.54, 1.807) is 35.9 Å². The number of pyridine rings is 1. The van der Waals surface area contributed by atoms with Crippen LogP contribution in [0, 0.1) is 18.8 Å². The van der Waals surface area contributed by atoms with Crippen molar-refractivity contribution in [3.63, 3.8) is 0 Å². The summed E-state index contributed by atoms with van der Waals surface area (Å²) in [5.41, 5.74) is 1.92. The molecule has 1 aromatic carbocycles. The van der Waals surface area contributed by atoms with Crippen LogP contribution in [0.5, 0.6) is 5.75 Å². The molecule has 10 nitrogen and oxygen atoms in total. The average molecular weight is 723 g/mol. The number of alkyl halides is 4. The average Bonchev–Trinajstić information content (AvgIpc) is 3.62. The van der Waals surface area contributed by atoms with Gasteiger partial charge >= 0.3 is 18.5 Å². The van der Waals surface area contributed by atoms with Crippen molar-refractivity contribution >= 4 is 29.4 Å².